The van der Waals surface area contributed by atoms with Gasteiger partial charge in [0.15, 0.2) is 0 Å². The monoisotopic (exact) mass is 296 g/mol. The van der Waals surface area contributed by atoms with Crippen LogP contribution in [0.4, 0.5) is 0 Å². The molecule has 3 aromatic heterocycles. The van der Waals surface area contributed by atoms with E-state index in [0.29, 0.717) is 0 Å². The minimum absolute atomic E-state index is 0.849. The quantitative estimate of drug-likeness (QED) is 0.531. The Morgan fingerprint density at radius 1 is 0.706 bits per heavy atom. The van der Waals surface area contributed by atoms with Crippen molar-refractivity contribution < 1.29 is 0 Å². The fraction of sp³-hybridized carbons (Fsp3) is 0.0769. The molecule has 0 atom stereocenters. The molecule has 0 aromatic carbocycles. The van der Waals surface area contributed by atoms with Gasteiger partial charge in [-0.15, -0.1) is 34.0 Å². The van der Waals surface area contributed by atoms with Crippen molar-refractivity contribution in [3.63, 3.8) is 0 Å². The smallest absolute Gasteiger partial charge is 0.0935 e. The van der Waals surface area contributed by atoms with Gasteiger partial charge in [-0.25, -0.2) is 0 Å². The van der Waals surface area contributed by atoms with Gasteiger partial charge in [0.05, 0.1) is 4.34 Å². The third-order valence-electron chi connectivity index (χ3n) is 2.41. The van der Waals surface area contributed by atoms with Crippen molar-refractivity contribution in [2.75, 3.05) is 0 Å². The molecule has 0 amide bonds. The third kappa shape index (κ3) is 2.33. The maximum atomic E-state index is 5.96. The van der Waals surface area contributed by atoms with Gasteiger partial charge in [0.2, 0.25) is 0 Å². The van der Waals surface area contributed by atoms with E-state index >= 15 is 0 Å². The van der Waals surface area contributed by atoms with Crippen molar-refractivity contribution in [3.05, 3.63) is 45.6 Å². The third-order valence-corrected chi connectivity index (χ3v) is 6.11. The zero-order valence-corrected chi connectivity index (χ0v) is 12.3. The van der Waals surface area contributed by atoms with E-state index in [1.54, 1.807) is 11.3 Å². The number of thiophene rings is 3. The van der Waals surface area contributed by atoms with E-state index in [4.69, 9.17) is 11.6 Å². The van der Waals surface area contributed by atoms with E-state index in [9.17, 15) is 0 Å². The molecule has 0 fully saturated rings. The van der Waals surface area contributed by atoms with E-state index < -0.39 is 0 Å². The molecular formula is C13H9ClS3. The van der Waals surface area contributed by atoms with Crippen molar-refractivity contribution in [2.45, 2.75) is 6.92 Å². The normalized spacial score (nSPS) is 10.9. The van der Waals surface area contributed by atoms with E-state index in [0.717, 1.165) is 4.34 Å². The van der Waals surface area contributed by atoms with Crippen LogP contribution in [0.25, 0.3) is 19.5 Å². The fourth-order valence-electron chi connectivity index (χ4n) is 1.62. The van der Waals surface area contributed by atoms with Crippen LogP contribution in [-0.2, 0) is 0 Å². The Balaban J connectivity index is 1.98. The number of hydrogen-bond acceptors (Lipinski definition) is 3. The van der Waals surface area contributed by atoms with Gasteiger partial charge in [-0.05, 0) is 43.3 Å². The Hall–Kier alpha value is -0.610. The summed E-state index contributed by atoms with van der Waals surface area (Å²) in [6.45, 7) is 2.14. The van der Waals surface area contributed by atoms with E-state index in [1.165, 1.54) is 24.4 Å². The first-order chi connectivity index (χ1) is 8.22. The highest BCUT2D eigenvalue weighted by Crippen LogP contribution is 2.40. The maximum absolute atomic E-state index is 5.96. The lowest BCUT2D eigenvalue weighted by Gasteiger charge is -1.90. The van der Waals surface area contributed by atoms with Gasteiger partial charge >= 0.3 is 0 Å². The van der Waals surface area contributed by atoms with Crippen molar-refractivity contribution in [1.82, 2.24) is 0 Å². The Morgan fingerprint density at radius 3 is 1.76 bits per heavy atom. The van der Waals surface area contributed by atoms with Crippen molar-refractivity contribution in [1.29, 1.82) is 0 Å². The second-order valence-electron chi connectivity index (χ2n) is 3.68. The summed E-state index contributed by atoms with van der Waals surface area (Å²) in [5, 5.41) is 0. The Bertz CT molecular complexity index is 590. The molecule has 0 spiro atoms. The lowest BCUT2D eigenvalue weighted by atomic mass is 10.3. The van der Waals surface area contributed by atoms with Crippen molar-refractivity contribution in [3.8, 4) is 19.5 Å². The van der Waals surface area contributed by atoms with Gasteiger partial charge in [0.1, 0.15) is 0 Å². The molecule has 4 heteroatoms. The number of hydrogen-bond donors (Lipinski definition) is 0. The highest BCUT2D eigenvalue weighted by molar-refractivity contribution is 7.27. The molecule has 3 rings (SSSR count). The molecule has 0 unspecified atom stereocenters. The minimum Gasteiger partial charge on any atom is -0.140 e. The summed E-state index contributed by atoms with van der Waals surface area (Å²) < 4.78 is 0.849. The van der Waals surface area contributed by atoms with Crippen LogP contribution < -0.4 is 0 Å². The first kappa shape index (κ1) is 11.5. The Labute approximate surface area is 117 Å². The van der Waals surface area contributed by atoms with Crippen LogP contribution in [0.15, 0.2) is 36.4 Å². The van der Waals surface area contributed by atoms with Crippen LogP contribution >= 0.6 is 45.6 Å². The lowest BCUT2D eigenvalue weighted by molar-refractivity contribution is 1.64. The first-order valence-corrected chi connectivity index (χ1v) is 7.97. The molecule has 3 aromatic rings. The average molecular weight is 297 g/mol. The molecule has 0 nitrogen and oxygen atoms in total. The number of rotatable bonds is 2. The van der Waals surface area contributed by atoms with E-state index in [-0.39, 0.29) is 0 Å². The number of aryl methyl sites for hydroxylation is 1. The van der Waals surface area contributed by atoms with Crippen LogP contribution in [0.5, 0.6) is 0 Å². The molecule has 0 N–H and O–H groups in total. The summed E-state index contributed by atoms with van der Waals surface area (Å²) in [4.78, 5) is 6.58. The second-order valence-corrected chi connectivity index (χ2v) is 7.76. The summed E-state index contributed by atoms with van der Waals surface area (Å²) in [5.74, 6) is 0. The van der Waals surface area contributed by atoms with Crippen molar-refractivity contribution in [2.24, 2.45) is 0 Å². The topological polar surface area (TPSA) is 0 Å². The molecule has 3 heterocycles. The Morgan fingerprint density at radius 2 is 1.24 bits per heavy atom. The molecule has 86 valence electrons. The van der Waals surface area contributed by atoms with Crippen LogP contribution in [0.3, 0.4) is 0 Å². The number of halogens is 1. The fourth-order valence-corrected chi connectivity index (χ4v) is 4.71. The van der Waals surface area contributed by atoms with Crippen LogP contribution in [0.2, 0.25) is 4.34 Å². The van der Waals surface area contributed by atoms with Gasteiger partial charge in [-0.3, -0.25) is 0 Å². The summed E-state index contributed by atoms with van der Waals surface area (Å²) >= 11 is 11.3. The van der Waals surface area contributed by atoms with Gasteiger partial charge in [0.25, 0.3) is 0 Å². The predicted octanol–water partition coefficient (Wildman–Crippen LogP) is 6.17. The summed E-state index contributed by atoms with van der Waals surface area (Å²) in [5.41, 5.74) is 0. The standard InChI is InChI=1S/C13H9ClS3/c1-8-2-3-9(15-8)10-4-5-11(16-10)12-6-7-13(14)17-12/h2-7H,1H3. The molecule has 17 heavy (non-hydrogen) atoms. The van der Waals surface area contributed by atoms with E-state index in [1.807, 2.05) is 28.7 Å². The van der Waals surface area contributed by atoms with E-state index in [2.05, 4.69) is 37.3 Å². The van der Waals surface area contributed by atoms with Gasteiger partial charge in [0, 0.05) is 24.4 Å². The first-order valence-electron chi connectivity index (χ1n) is 5.15. The highest BCUT2D eigenvalue weighted by Gasteiger charge is 2.08. The average Bonchev–Trinajstić information content (AvgIpc) is 2.96. The largest absolute Gasteiger partial charge is 0.140 e. The molecule has 0 radical (unpaired) electrons. The summed E-state index contributed by atoms with van der Waals surface area (Å²) in [7, 11) is 0. The molecule has 0 aliphatic carbocycles. The predicted molar refractivity (Wildman–Crippen MR) is 80.7 cm³/mol. The summed E-state index contributed by atoms with van der Waals surface area (Å²) in [6.07, 6.45) is 0. The molecular weight excluding hydrogens is 288 g/mol. The Kier molecular flexibility index (Phi) is 3.09. The van der Waals surface area contributed by atoms with Crippen molar-refractivity contribution >= 4 is 45.6 Å². The zero-order chi connectivity index (χ0) is 11.8. The molecule has 0 saturated carbocycles. The lowest BCUT2D eigenvalue weighted by Crippen LogP contribution is -1.57. The zero-order valence-electron chi connectivity index (χ0n) is 9.07. The summed E-state index contributed by atoms with van der Waals surface area (Å²) in [6, 6.07) is 12.8. The van der Waals surface area contributed by atoms with Crippen LogP contribution in [0.1, 0.15) is 4.88 Å². The van der Waals surface area contributed by atoms with Gasteiger partial charge in [-0.2, -0.15) is 0 Å². The molecule has 0 bridgehead atoms. The SMILES string of the molecule is Cc1ccc(-c2ccc(-c3ccc(Cl)s3)s2)s1. The van der Waals surface area contributed by atoms with Crippen LogP contribution in [-0.4, -0.2) is 0 Å². The minimum atomic E-state index is 0.849. The van der Waals surface area contributed by atoms with Crippen LogP contribution in [0, 0.1) is 6.92 Å². The van der Waals surface area contributed by atoms with Gasteiger partial charge in [-0.1, -0.05) is 11.6 Å². The second kappa shape index (κ2) is 4.58. The van der Waals surface area contributed by atoms with Gasteiger partial charge < -0.3 is 0 Å². The molecule has 0 aliphatic rings. The highest BCUT2D eigenvalue weighted by atomic mass is 35.5. The molecule has 0 aliphatic heterocycles. The molecule has 0 saturated heterocycles. The maximum Gasteiger partial charge on any atom is 0.0935 e.